The zero-order chi connectivity index (χ0) is 34.2. The molecule has 0 spiro atoms. The Balaban J connectivity index is 1.24. The first-order chi connectivity index (χ1) is 25.8. The normalized spacial score (nSPS) is 11.8. The highest BCUT2D eigenvalue weighted by Crippen LogP contribution is 2.50. The summed E-state index contributed by atoms with van der Waals surface area (Å²) in [5.74, 6) is 0. The van der Waals surface area contributed by atoms with E-state index >= 15 is 0 Å². The standard InChI is InChI=1S/C50H30O2/c1-2-13-31(14-3-1)32-25-27-34(28-26-32)46-37-18-6-8-20-39(37)47(40-21-9-7-19-38(40)46)42-29-45-48(41-22-10-11-24-44(41)52-45)49-43(30-51-50(42)49)36-23-12-16-33-15-4-5-17-35(33)36/h1-30H. The second-order valence-electron chi connectivity index (χ2n) is 13.6. The Morgan fingerprint density at radius 1 is 0.327 bits per heavy atom. The summed E-state index contributed by atoms with van der Waals surface area (Å²) in [5.41, 5.74) is 11.8. The Hall–Kier alpha value is -6.90. The van der Waals surface area contributed by atoms with E-state index in [0.29, 0.717) is 0 Å². The molecule has 0 atom stereocenters. The summed E-state index contributed by atoms with van der Waals surface area (Å²) >= 11 is 0. The molecule has 0 bridgehead atoms. The van der Waals surface area contributed by atoms with Crippen LogP contribution in [0.4, 0.5) is 0 Å². The molecule has 0 radical (unpaired) electrons. The molecular formula is C50H30O2. The van der Waals surface area contributed by atoms with Crippen LogP contribution >= 0.6 is 0 Å². The summed E-state index contributed by atoms with van der Waals surface area (Å²) in [6.07, 6.45) is 1.95. The molecule has 0 saturated heterocycles. The Morgan fingerprint density at radius 3 is 1.62 bits per heavy atom. The fourth-order valence-corrected chi connectivity index (χ4v) is 8.46. The van der Waals surface area contributed by atoms with Crippen molar-refractivity contribution < 1.29 is 8.83 Å². The molecule has 0 fully saturated rings. The fraction of sp³-hybridized carbons (Fsp3) is 0. The third-order valence-electron chi connectivity index (χ3n) is 10.7. The number of furan rings is 2. The van der Waals surface area contributed by atoms with Gasteiger partial charge in [0.05, 0.1) is 6.26 Å². The van der Waals surface area contributed by atoms with Gasteiger partial charge in [0.1, 0.15) is 16.7 Å². The number of hydrogen-bond acceptors (Lipinski definition) is 2. The maximum Gasteiger partial charge on any atom is 0.143 e. The third-order valence-corrected chi connectivity index (χ3v) is 10.7. The Labute approximate surface area is 299 Å². The van der Waals surface area contributed by atoms with Crippen molar-refractivity contribution in [2.24, 2.45) is 0 Å². The van der Waals surface area contributed by atoms with Gasteiger partial charge in [-0.1, -0.05) is 164 Å². The molecule has 11 aromatic rings. The van der Waals surface area contributed by atoms with Gasteiger partial charge in [0, 0.05) is 32.8 Å². The van der Waals surface area contributed by atoms with E-state index in [1.165, 1.54) is 54.6 Å². The fourth-order valence-electron chi connectivity index (χ4n) is 8.46. The van der Waals surface area contributed by atoms with Crippen molar-refractivity contribution in [2.75, 3.05) is 0 Å². The average molecular weight is 663 g/mol. The molecular weight excluding hydrogens is 633 g/mol. The molecule has 11 rings (SSSR count). The number of hydrogen-bond donors (Lipinski definition) is 0. The summed E-state index contributed by atoms with van der Waals surface area (Å²) in [6.45, 7) is 0. The van der Waals surface area contributed by atoms with E-state index in [0.717, 1.165) is 55.2 Å². The Morgan fingerprint density at radius 2 is 0.885 bits per heavy atom. The maximum absolute atomic E-state index is 6.79. The molecule has 0 aliphatic heterocycles. The number of fused-ring (bicyclic) bond motifs is 8. The number of para-hydroxylation sites is 1. The van der Waals surface area contributed by atoms with E-state index in [-0.39, 0.29) is 0 Å². The van der Waals surface area contributed by atoms with Crippen molar-refractivity contribution >= 4 is 65.2 Å². The zero-order valence-electron chi connectivity index (χ0n) is 28.1. The molecule has 2 nitrogen and oxygen atoms in total. The number of benzene rings is 9. The van der Waals surface area contributed by atoms with Gasteiger partial charge in [-0.25, -0.2) is 0 Å². The van der Waals surface area contributed by atoms with Crippen molar-refractivity contribution in [3.05, 3.63) is 182 Å². The van der Waals surface area contributed by atoms with Crippen LogP contribution in [-0.4, -0.2) is 0 Å². The molecule has 0 unspecified atom stereocenters. The van der Waals surface area contributed by atoms with Crippen molar-refractivity contribution in [1.29, 1.82) is 0 Å². The predicted molar refractivity (Wildman–Crippen MR) is 218 cm³/mol. The van der Waals surface area contributed by atoms with Crippen LogP contribution in [-0.2, 0) is 0 Å². The average Bonchev–Trinajstić information content (AvgIpc) is 3.82. The monoisotopic (exact) mass is 662 g/mol. The minimum Gasteiger partial charge on any atom is -0.463 e. The first-order valence-electron chi connectivity index (χ1n) is 17.7. The van der Waals surface area contributed by atoms with Crippen LogP contribution in [0, 0.1) is 0 Å². The van der Waals surface area contributed by atoms with Crippen LogP contribution in [0.15, 0.2) is 191 Å². The summed E-state index contributed by atoms with van der Waals surface area (Å²) in [6, 6.07) is 62.8. The van der Waals surface area contributed by atoms with Gasteiger partial charge in [-0.15, -0.1) is 0 Å². The maximum atomic E-state index is 6.79. The van der Waals surface area contributed by atoms with E-state index in [4.69, 9.17) is 8.83 Å². The highest BCUT2D eigenvalue weighted by atomic mass is 16.3. The highest BCUT2D eigenvalue weighted by molar-refractivity contribution is 6.29. The van der Waals surface area contributed by atoms with Crippen LogP contribution < -0.4 is 0 Å². The topological polar surface area (TPSA) is 26.3 Å². The Kier molecular flexibility index (Phi) is 6.28. The van der Waals surface area contributed by atoms with Crippen molar-refractivity contribution in [2.45, 2.75) is 0 Å². The van der Waals surface area contributed by atoms with Gasteiger partial charge in [-0.3, -0.25) is 0 Å². The molecule has 0 aliphatic carbocycles. The van der Waals surface area contributed by atoms with Gasteiger partial charge in [0.25, 0.3) is 0 Å². The molecule has 2 heterocycles. The van der Waals surface area contributed by atoms with Crippen molar-refractivity contribution in [3.63, 3.8) is 0 Å². The Bertz CT molecular complexity index is 3100. The quantitative estimate of drug-likeness (QED) is 0.175. The van der Waals surface area contributed by atoms with Crippen LogP contribution in [0.25, 0.3) is 110 Å². The molecule has 0 aliphatic rings. The molecule has 9 aromatic carbocycles. The van der Waals surface area contributed by atoms with E-state index in [1.54, 1.807) is 0 Å². The van der Waals surface area contributed by atoms with Crippen LogP contribution in [0.1, 0.15) is 0 Å². The van der Waals surface area contributed by atoms with E-state index in [1.807, 2.05) is 12.3 Å². The molecule has 242 valence electrons. The van der Waals surface area contributed by atoms with E-state index in [9.17, 15) is 0 Å². The van der Waals surface area contributed by atoms with Crippen LogP contribution in [0.2, 0.25) is 0 Å². The molecule has 0 amide bonds. The zero-order valence-corrected chi connectivity index (χ0v) is 28.1. The summed E-state index contributed by atoms with van der Waals surface area (Å²) in [4.78, 5) is 0. The molecule has 0 saturated carbocycles. The van der Waals surface area contributed by atoms with Gasteiger partial charge < -0.3 is 8.83 Å². The minimum atomic E-state index is 0.848. The molecule has 0 N–H and O–H groups in total. The van der Waals surface area contributed by atoms with Crippen molar-refractivity contribution in [3.8, 4) is 44.5 Å². The minimum absolute atomic E-state index is 0.848. The first kappa shape index (κ1) is 28.9. The smallest absolute Gasteiger partial charge is 0.143 e. The lowest BCUT2D eigenvalue weighted by Gasteiger charge is -2.18. The first-order valence-corrected chi connectivity index (χ1v) is 17.7. The van der Waals surface area contributed by atoms with Crippen LogP contribution in [0.5, 0.6) is 0 Å². The lowest BCUT2D eigenvalue weighted by Crippen LogP contribution is -1.91. The summed E-state index contributed by atoms with van der Waals surface area (Å²) < 4.78 is 13.5. The second-order valence-corrected chi connectivity index (χ2v) is 13.6. The SMILES string of the molecule is c1ccc(-c2ccc(-c3c4ccccc4c(-c4cc5oc6ccccc6c5c5c(-c6cccc7ccccc67)coc45)c4ccccc34)cc2)cc1. The number of rotatable bonds is 4. The van der Waals surface area contributed by atoms with Gasteiger partial charge in [-0.2, -0.15) is 0 Å². The largest absolute Gasteiger partial charge is 0.463 e. The van der Waals surface area contributed by atoms with Crippen LogP contribution in [0.3, 0.4) is 0 Å². The van der Waals surface area contributed by atoms with Gasteiger partial charge in [-0.05, 0) is 72.3 Å². The summed E-state index contributed by atoms with van der Waals surface area (Å²) in [5, 5.41) is 10.4. The molecule has 52 heavy (non-hydrogen) atoms. The predicted octanol–water partition coefficient (Wildman–Crippen LogP) is 14.5. The van der Waals surface area contributed by atoms with Gasteiger partial charge in [0.15, 0.2) is 0 Å². The second kappa shape index (κ2) is 11.3. The van der Waals surface area contributed by atoms with Gasteiger partial charge in [0.2, 0.25) is 0 Å². The van der Waals surface area contributed by atoms with E-state index < -0.39 is 0 Å². The molecule has 2 aromatic heterocycles. The molecule has 2 heteroatoms. The third kappa shape index (κ3) is 4.25. The van der Waals surface area contributed by atoms with Crippen molar-refractivity contribution in [1.82, 2.24) is 0 Å². The lowest BCUT2D eigenvalue weighted by molar-refractivity contribution is 0.617. The lowest BCUT2D eigenvalue weighted by atomic mass is 9.84. The summed E-state index contributed by atoms with van der Waals surface area (Å²) in [7, 11) is 0. The highest BCUT2D eigenvalue weighted by Gasteiger charge is 2.25. The van der Waals surface area contributed by atoms with E-state index in [2.05, 4.69) is 170 Å². The van der Waals surface area contributed by atoms with Gasteiger partial charge >= 0.3 is 0 Å².